The third-order valence-electron chi connectivity index (χ3n) is 3.32. The molecule has 0 aliphatic rings. The molecule has 3 nitrogen and oxygen atoms in total. The summed E-state index contributed by atoms with van der Waals surface area (Å²) in [6.45, 7) is 0.339. The zero-order valence-corrected chi connectivity index (χ0v) is 15.2. The summed E-state index contributed by atoms with van der Waals surface area (Å²) in [5.41, 5.74) is 0.843. The molecule has 0 bridgehead atoms. The Hall–Kier alpha value is -1.98. The fourth-order valence-electron chi connectivity index (χ4n) is 2.11. The maximum absolute atomic E-state index is 12.1. The van der Waals surface area contributed by atoms with Crippen molar-refractivity contribution in [2.75, 3.05) is 0 Å². The summed E-state index contributed by atoms with van der Waals surface area (Å²) in [4.78, 5) is 13.2. The molecule has 0 aliphatic heterocycles. The minimum atomic E-state index is -0.163. The standard InChI is InChI=1S/C19H15BrO3S/c20-15-6-8-16(9-7-15)24-13-18-19(17(21)10-11-22-18)23-12-14-4-2-1-3-5-14/h1-11H,12-13H2. The van der Waals surface area contributed by atoms with Gasteiger partial charge in [-0.05, 0) is 29.8 Å². The van der Waals surface area contributed by atoms with Crippen molar-refractivity contribution in [2.45, 2.75) is 17.3 Å². The van der Waals surface area contributed by atoms with Crippen LogP contribution in [0.5, 0.6) is 5.75 Å². The van der Waals surface area contributed by atoms with Crippen LogP contribution in [-0.4, -0.2) is 0 Å². The molecule has 0 spiro atoms. The van der Waals surface area contributed by atoms with E-state index in [4.69, 9.17) is 9.15 Å². The van der Waals surface area contributed by atoms with E-state index in [9.17, 15) is 4.79 Å². The highest BCUT2D eigenvalue weighted by Crippen LogP contribution is 2.27. The Balaban J connectivity index is 1.72. The van der Waals surface area contributed by atoms with Gasteiger partial charge in [0.15, 0.2) is 5.76 Å². The lowest BCUT2D eigenvalue weighted by Crippen LogP contribution is -2.09. The number of benzene rings is 2. The molecule has 0 saturated carbocycles. The van der Waals surface area contributed by atoms with Crippen LogP contribution in [0.3, 0.4) is 0 Å². The molecular formula is C19H15BrO3S. The van der Waals surface area contributed by atoms with Crippen molar-refractivity contribution in [1.82, 2.24) is 0 Å². The Morgan fingerprint density at radius 1 is 1.00 bits per heavy atom. The van der Waals surface area contributed by atoms with Crippen molar-refractivity contribution in [3.8, 4) is 5.75 Å². The van der Waals surface area contributed by atoms with Crippen molar-refractivity contribution >= 4 is 27.7 Å². The predicted molar refractivity (Wildman–Crippen MR) is 99.5 cm³/mol. The van der Waals surface area contributed by atoms with E-state index in [1.54, 1.807) is 11.8 Å². The summed E-state index contributed by atoms with van der Waals surface area (Å²) < 4.78 is 12.3. The highest BCUT2D eigenvalue weighted by atomic mass is 79.9. The van der Waals surface area contributed by atoms with Crippen LogP contribution in [0.2, 0.25) is 0 Å². The molecule has 0 fully saturated rings. The monoisotopic (exact) mass is 402 g/mol. The quantitative estimate of drug-likeness (QED) is 0.526. The largest absolute Gasteiger partial charge is 0.482 e. The first-order valence-corrected chi connectivity index (χ1v) is 9.16. The molecule has 0 N–H and O–H groups in total. The highest BCUT2D eigenvalue weighted by Gasteiger charge is 2.12. The van der Waals surface area contributed by atoms with E-state index < -0.39 is 0 Å². The topological polar surface area (TPSA) is 39.4 Å². The summed E-state index contributed by atoms with van der Waals surface area (Å²) in [6.07, 6.45) is 1.41. The molecule has 0 saturated heterocycles. The lowest BCUT2D eigenvalue weighted by atomic mass is 10.2. The van der Waals surface area contributed by atoms with Gasteiger partial charge in [-0.1, -0.05) is 46.3 Å². The fourth-order valence-corrected chi connectivity index (χ4v) is 3.19. The molecule has 3 aromatic rings. The number of hydrogen-bond acceptors (Lipinski definition) is 4. The van der Waals surface area contributed by atoms with Gasteiger partial charge in [0.2, 0.25) is 11.2 Å². The SMILES string of the molecule is O=c1ccoc(CSc2ccc(Br)cc2)c1OCc1ccccc1. The number of halogens is 1. The van der Waals surface area contributed by atoms with Crippen LogP contribution in [0.4, 0.5) is 0 Å². The summed E-state index contributed by atoms with van der Waals surface area (Å²) in [5, 5.41) is 0. The molecule has 0 radical (unpaired) electrons. The maximum Gasteiger partial charge on any atom is 0.227 e. The van der Waals surface area contributed by atoms with Gasteiger partial charge in [0.1, 0.15) is 6.61 Å². The second-order valence-electron chi connectivity index (χ2n) is 5.05. The minimum absolute atomic E-state index is 0.163. The van der Waals surface area contributed by atoms with Crippen LogP contribution in [-0.2, 0) is 12.4 Å². The lowest BCUT2D eigenvalue weighted by molar-refractivity contribution is 0.286. The summed E-state index contributed by atoms with van der Waals surface area (Å²) in [6, 6.07) is 19.1. The van der Waals surface area contributed by atoms with E-state index in [0.29, 0.717) is 18.1 Å². The van der Waals surface area contributed by atoms with Gasteiger partial charge in [0.25, 0.3) is 0 Å². The van der Waals surface area contributed by atoms with E-state index in [0.717, 1.165) is 14.9 Å². The normalized spacial score (nSPS) is 10.5. The summed E-state index contributed by atoms with van der Waals surface area (Å²) >= 11 is 5.01. The molecule has 5 heteroatoms. The van der Waals surface area contributed by atoms with Crippen LogP contribution < -0.4 is 10.2 Å². The molecule has 0 amide bonds. The molecule has 0 atom stereocenters. The van der Waals surface area contributed by atoms with E-state index in [1.165, 1.54) is 12.3 Å². The van der Waals surface area contributed by atoms with Gasteiger partial charge < -0.3 is 9.15 Å². The van der Waals surface area contributed by atoms with Gasteiger partial charge in [0.05, 0.1) is 12.0 Å². The molecule has 1 heterocycles. The Morgan fingerprint density at radius 2 is 1.75 bits per heavy atom. The molecule has 2 aromatic carbocycles. The van der Waals surface area contributed by atoms with Gasteiger partial charge >= 0.3 is 0 Å². The van der Waals surface area contributed by atoms with Crippen LogP contribution >= 0.6 is 27.7 Å². The first-order valence-electron chi connectivity index (χ1n) is 7.38. The zero-order valence-electron chi connectivity index (χ0n) is 12.8. The Kier molecular flexibility index (Phi) is 5.77. The Bertz CT molecular complexity index is 844. The predicted octanol–water partition coefficient (Wildman–Crippen LogP) is 5.27. The molecule has 0 aliphatic carbocycles. The average Bonchev–Trinajstić information content (AvgIpc) is 2.61. The second-order valence-corrected chi connectivity index (χ2v) is 7.02. The average molecular weight is 403 g/mol. The number of hydrogen-bond donors (Lipinski definition) is 0. The lowest BCUT2D eigenvalue weighted by Gasteiger charge is -2.09. The minimum Gasteiger partial charge on any atom is -0.482 e. The Morgan fingerprint density at radius 3 is 2.50 bits per heavy atom. The first kappa shape index (κ1) is 16.9. The van der Waals surface area contributed by atoms with E-state index >= 15 is 0 Å². The molecular weight excluding hydrogens is 388 g/mol. The van der Waals surface area contributed by atoms with Gasteiger partial charge in [-0.25, -0.2) is 0 Å². The third-order valence-corrected chi connectivity index (χ3v) is 4.86. The van der Waals surface area contributed by atoms with E-state index in [1.807, 2.05) is 54.6 Å². The van der Waals surface area contributed by atoms with Crippen LogP contribution in [0.15, 0.2) is 85.5 Å². The van der Waals surface area contributed by atoms with Crippen LogP contribution in [0.25, 0.3) is 0 Å². The maximum atomic E-state index is 12.1. The number of rotatable bonds is 6. The molecule has 1 aromatic heterocycles. The fraction of sp³-hybridized carbons (Fsp3) is 0.105. The van der Waals surface area contributed by atoms with Gasteiger partial charge in [-0.2, -0.15) is 0 Å². The molecule has 122 valence electrons. The third kappa shape index (κ3) is 4.52. The van der Waals surface area contributed by atoms with Crippen molar-refractivity contribution < 1.29 is 9.15 Å². The first-order chi connectivity index (χ1) is 11.7. The summed E-state index contributed by atoms with van der Waals surface area (Å²) in [5.74, 6) is 1.36. The molecule has 3 rings (SSSR count). The smallest absolute Gasteiger partial charge is 0.227 e. The van der Waals surface area contributed by atoms with Gasteiger partial charge in [0, 0.05) is 15.4 Å². The van der Waals surface area contributed by atoms with E-state index in [2.05, 4.69) is 15.9 Å². The molecule has 0 unspecified atom stereocenters. The number of thioether (sulfide) groups is 1. The van der Waals surface area contributed by atoms with Crippen molar-refractivity contribution in [2.24, 2.45) is 0 Å². The van der Waals surface area contributed by atoms with E-state index in [-0.39, 0.29) is 11.2 Å². The van der Waals surface area contributed by atoms with Gasteiger partial charge in [-0.15, -0.1) is 11.8 Å². The number of ether oxygens (including phenoxy) is 1. The highest BCUT2D eigenvalue weighted by molar-refractivity contribution is 9.10. The van der Waals surface area contributed by atoms with Gasteiger partial charge in [-0.3, -0.25) is 4.79 Å². The van der Waals surface area contributed by atoms with Crippen molar-refractivity contribution in [3.05, 3.63) is 92.9 Å². The van der Waals surface area contributed by atoms with Crippen LogP contribution in [0.1, 0.15) is 11.3 Å². The second kappa shape index (κ2) is 8.22. The zero-order chi connectivity index (χ0) is 16.8. The summed E-state index contributed by atoms with van der Waals surface area (Å²) in [7, 11) is 0. The van der Waals surface area contributed by atoms with Crippen molar-refractivity contribution in [1.29, 1.82) is 0 Å². The Labute approximate surface area is 152 Å². The van der Waals surface area contributed by atoms with Crippen molar-refractivity contribution in [3.63, 3.8) is 0 Å². The van der Waals surface area contributed by atoms with Crippen LogP contribution in [0, 0.1) is 0 Å². The molecule has 24 heavy (non-hydrogen) atoms.